The van der Waals surface area contributed by atoms with Crippen molar-refractivity contribution in [3.8, 4) is 11.5 Å². The van der Waals surface area contributed by atoms with Crippen LogP contribution in [0.25, 0.3) is 10.9 Å². The summed E-state index contributed by atoms with van der Waals surface area (Å²) in [7, 11) is 0. The average molecular weight is 545 g/mol. The summed E-state index contributed by atoms with van der Waals surface area (Å²) in [5, 5.41) is 4.07. The molecular formula is C35H29FN2O3. The number of furan rings is 1. The summed E-state index contributed by atoms with van der Waals surface area (Å²) in [5.74, 6) is 1.55. The Balaban J connectivity index is 1.37. The Morgan fingerprint density at radius 1 is 0.854 bits per heavy atom. The summed E-state index contributed by atoms with van der Waals surface area (Å²) in [6.07, 6.45) is 3.95. The quantitative estimate of drug-likeness (QED) is 0.190. The zero-order valence-electron chi connectivity index (χ0n) is 22.4. The molecule has 0 radical (unpaired) electrons. The molecule has 41 heavy (non-hydrogen) atoms. The van der Waals surface area contributed by atoms with Gasteiger partial charge in [-0.3, -0.25) is 4.79 Å². The molecule has 0 saturated carbocycles. The number of nitrogens with zero attached hydrogens (tertiary/aromatic N) is 1. The minimum atomic E-state index is -0.259. The molecule has 6 rings (SSSR count). The van der Waals surface area contributed by atoms with Gasteiger partial charge in [0.15, 0.2) is 0 Å². The van der Waals surface area contributed by atoms with E-state index >= 15 is 0 Å². The van der Waals surface area contributed by atoms with E-state index in [0.29, 0.717) is 24.6 Å². The fraction of sp³-hybridized carbons (Fsp3) is 0.114. The van der Waals surface area contributed by atoms with Crippen molar-refractivity contribution >= 4 is 16.8 Å². The van der Waals surface area contributed by atoms with Crippen LogP contribution in [0.4, 0.5) is 4.39 Å². The predicted octanol–water partition coefficient (Wildman–Crippen LogP) is 8.05. The van der Waals surface area contributed by atoms with Crippen LogP contribution >= 0.6 is 0 Å². The number of rotatable bonds is 10. The van der Waals surface area contributed by atoms with Crippen molar-refractivity contribution in [2.75, 3.05) is 0 Å². The van der Waals surface area contributed by atoms with Gasteiger partial charge in [0.2, 0.25) is 5.91 Å². The molecule has 2 aromatic heterocycles. The number of hydrogen-bond acceptors (Lipinski definition) is 3. The molecule has 5 nitrogen and oxygen atoms in total. The highest BCUT2D eigenvalue weighted by Gasteiger charge is 2.23. The summed E-state index contributed by atoms with van der Waals surface area (Å²) < 4.78 is 27.3. The van der Waals surface area contributed by atoms with E-state index in [1.807, 2.05) is 72.8 Å². The first kappa shape index (κ1) is 26.1. The Bertz CT molecular complexity index is 1740. The molecule has 0 saturated heterocycles. The summed E-state index contributed by atoms with van der Waals surface area (Å²) in [6, 6.07) is 35.9. The lowest BCUT2D eigenvalue weighted by atomic mass is 9.88. The molecule has 0 bridgehead atoms. The molecule has 0 aliphatic heterocycles. The minimum Gasteiger partial charge on any atom is -0.467 e. The van der Waals surface area contributed by atoms with Crippen molar-refractivity contribution in [3.63, 3.8) is 0 Å². The maximum absolute atomic E-state index is 13.6. The second-order valence-corrected chi connectivity index (χ2v) is 9.96. The number of fused-ring (bicyclic) bond motifs is 1. The smallest absolute Gasteiger partial charge is 0.221 e. The summed E-state index contributed by atoms with van der Waals surface area (Å²) in [4.78, 5) is 13.3. The Hall–Kier alpha value is -5.10. The van der Waals surface area contributed by atoms with Gasteiger partial charge in [-0.05, 0) is 71.3 Å². The van der Waals surface area contributed by atoms with Gasteiger partial charge in [-0.1, -0.05) is 60.7 Å². The van der Waals surface area contributed by atoms with Gasteiger partial charge in [0.1, 0.15) is 23.1 Å². The van der Waals surface area contributed by atoms with Crippen LogP contribution in [0.15, 0.2) is 132 Å². The zero-order valence-corrected chi connectivity index (χ0v) is 22.4. The molecule has 6 aromatic rings. The summed E-state index contributed by atoms with van der Waals surface area (Å²) in [5.41, 5.74) is 4.04. The van der Waals surface area contributed by atoms with E-state index in [0.717, 1.165) is 33.3 Å². The van der Waals surface area contributed by atoms with Crippen LogP contribution in [0.1, 0.15) is 34.8 Å². The summed E-state index contributed by atoms with van der Waals surface area (Å²) in [6.45, 7) is 0.900. The molecule has 1 N–H and O–H groups in total. The van der Waals surface area contributed by atoms with Crippen LogP contribution in [0.2, 0.25) is 0 Å². The molecule has 6 heteroatoms. The largest absolute Gasteiger partial charge is 0.467 e. The summed E-state index contributed by atoms with van der Waals surface area (Å²) >= 11 is 0. The van der Waals surface area contributed by atoms with Crippen molar-refractivity contribution in [2.45, 2.75) is 25.4 Å². The van der Waals surface area contributed by atoms with Crippen molar-refractivity contribution < 1.29 is 18.3 Å². The minimum absolute atomic E-state index is 0.0869. The van der Waals surface area contributed by atoms with Crippen LogP contribution < -0.4 is 10.1 Å². The van der Waals surface area contributed by atoms with Gasteiger partial charge in [0.05, 0.1) is 12.8 Å². The van der Waals surface area contributed by atoms with Gasteiger partial charge in [-0.25, -0.2) is 4.39 Å². The average Bonchev–Trinajstić information content (AvgIpc) is 3.65. The third kappa shape index (κ3) is 6.23. The van der Waals surface area contributed by atoms with Gasteiger partial charge in [0, 0.05) is 36.0 Å². The molecule has 1 unspecified atom stereocenters. The van der Waals surface area contributed by atoms with E-state index in [9.17, 15) is 9.18 Å². The number of aromatic nitrogens is 1. The highest BCUT2D eigenvalue weighted by molar-refractivity contribution is 5.87. The number of halogens is 1. The van der Waals surface area contributed by atoms with Crippen LogP contribution in [0.5, 0.6) is 11.5 Å². The Morgan fingerprint density at radius 2 is 1.63 bits per heavy atom. The van der Waals surface area contributed by atoms with Gasteiger partial charge in [-0.15, -0.1) is 0 Å². The van der Waals surface area contributed by atoms with Crippen LogP contribution in [-0.2, 0) is 17.9 Å². The van der Waals surface area contributed by atoms with Crippen LogP contribution in [0, 0.1) is 5.82 Å². The maximum Gasteiger partial charge on any atom is 0.221 e. The maximum atomic E-state index is 13.6. The van der Waals surface area contributed by atoms with E-state index in [1.165, 1.54) is 12.1 Å². The van der Waals surface area contributed by atoms with Crippen molar-refractivity contribution in [2.24, 2.45) is 0 Å². The Morgan fingerprint density at radius 3 is 2.44 bits per heavy atom. The van der Waals surface area contributed by atoms with Crippen LogP contribution in [-0.4, -0.2) is 10.5 Å². The van der Waals surface area contributed by atoms with Crippen molar-refractivity contribution in [1.82, 2.24) is 9.88 Å². The van der Waals surface area contributed by atoms with Gasteiger partial charge in [0.25, 0.3) is 0 Å². The van der Waals surface area contributed by atoms with E-state index in [-0.39, 0.29) is 24.1 Å². The standard InChI is InChI=1S/C35H29FN2O3/c36-27-17-15-25(16-18-27)23-38-24-33(31-13-4-5-14-34(31)38)32(21-35(39)37-22-30-12-7-19-40-30)26-8-6-11-29(20-26)41-28-9-2-1-3-10-28/h1-20,24,32H,21-23H2,(H,37,39). The van der Waals surface area contributed by atoms with E-state index < -0.39 is 0 Å². The first-order valence-corrected chi connectivity index (χ1v) is 13.6. The van der Waals surface area contributed by atoms with Gasteiger partial charge < -0.3 is 19.0 Å². The highest BCUT2D eigenvalue weighted by Crippen LogP contribution is 2.37. The molecule has 204 valence electrons. The number of amides is 1. The fourth-order valence-electron chi connectivity index (χ4n) is 5.15. The normalized spacial score (nSPS) is 11.8. The molecule has 1 atom stereocenters. The van der Waals surface area contributed by atoms with Crippen LogP contribution in [0.3, 0.4) is 0 Å². The number of benzene rings is 4. The molecule has 0 aliphatic carbocycles. The number of ether oxygens (including phenoxy) is 1. The molecule has 4 aromatic carbocycles. The highest BCUT2D eigenvalue weighted by atomic mass is 19.1. The molecule has 0 fully saturated rings. The van der Waals surface area contributed by atoms with Gasteiger partial charge in [-0.2, -0.15) is 0 Å². The van der Waals surface area contributed by atoms with Gasteiger partial charge >= 0.3 is 0 Å². The fourth-order valence-corrected chi connectivity index (χ4v) is 5.15. The number of para-hydroxylation sites is 2. The van der Waals surface area contributed by atoms with E-state index in [4.69, 9.17) is 9.15 Å². The Labute approximate surface area is 237 Å². The molecule has 2 heterocycles. The lowest BCUT2D eigenvalue weighted by Gasteiger charge is -2.18. The number of carbonyl (C=O) groups excluding carboxylic acids is 1. The van der Waals surface area contributed by atoms with Crippen molar-refractivity contribution in [1.29, 1.82) is 0 Å². The molecule has 0 aliphatic rings. The van der Waals surface area contributed by atoms with E-state index in [1.54, 1.807) is 24.5 Å². The lowest BCUT2D eigenvalue weighted by Crippen LogP contribution is -2.24. The molecule has 1 amide bonds. The number of nitrogens with one attached hydrogen (secondary N) is 1. The third-order valence-corrected chi connectivity index (χ3v) is 7.13. The second kappa shape index (κ2) is 12.0. The molecule has 0 spiro atoms. The number of carbonyl (C=O) groups is 1. The lowest BCUT2D eigenvalue weighted by molar-refractivity contribution is -0.121. The molecular weight excluding hydrogens is 515 g/mol. The predicted molar refractivity (Wildman–Crippen MR) is 157 cm³/mol. The van der Waals surface area contributed by atoms with E-state index in [2.05, 4.69) is 28.2 Å². The topological polar surface area (TPSA) is 56.4 Å². The number of hydrogen-bond donors (Lipinski definition) is 1. The Kier molecular flexibility index (Phi) is 7.63. The van der Waals surface area contributed by atoms with Crippen molar-refractivity contribution in [3.05, 3.63) is 156 Å². The SMILES string of the molecule is O=C(CC(c1cccc(Oc2ccccc2)c1)c1cn(Cc2ccc(F)cc2)c2ccccc12)NCc1ccco1. The first-order valence-electron chi connectivity index (χ1n) is 13.6. The second-order valence-electron chi connectivity index (χ2n) is 9.96. The third-order valence-electron chi connectivity index (χ3n) is 7.13. The monoisotopic (exact) mass is 544 g/mol. The first-order chi connectivity index (χ1) is 20.1. The zero-order chi connectivity index (χ0) is 28.0.